The molecule has 0 saturated carbocycles. The molecule has 150 valence electrons. The molecule has 0 radical (unpaired) electrons. The van der Waals surface area contributed by atoms with Crippen LogP contribution in [0, 0.1) is 0 Å². The number of carbonyl (C=O) groups excluding carboxylic acids is 2. The van der Waals surface area contributed by atoms with Crippen LogP contribution in [0.3, 0.4) is 0 Å². The van der Waals surface area contributed by atoms with E-state index in [4.69, 9.17) is 4.74 Å². The Hall–Kier alpha value is -3.03. The number of amides is 1. The summed E-state index contributed by atoms with van der Waals surface area (Å²) in [7, 11) is 0. The number of aromatic nitrogens is 1. The number of carbonyl (C=O) groups is 2. The van der Waals surface area contributed by atoms with Gasteiger partial charge in [0.1, 0.15) is 5.76 Å². The highest BCUT2D eigenvalue weighted by atomic mass is 16.5. The maximum Gasteiger partial charge on any atom is 0.295 e. The summed E-state index contributed by atoms with van der Waals surface area (Å²) in [5.41, 5.74) is 1.38. The minimum atomic E-state index is -0.657. The molecule has 3 heterocycles. The molecule has 1 amide bonds. The first kappa shape index (κ1) is 19.3. The van der Waals surface area contributed by atoms with Crippen LogP contribution in [0.25, 0.3) is 5.76 Å². The van der Waals surface area contributed by atoms with Gasteiger partial charge in [0.15, 0.2) is 0 Å². The van der Waals surface area contributed by atoms with E-state index in [1.165, 1.54) is 0 Å². The molecule has 7 heteroatoms. The van der Waals surface area contributed by atoms with Gasteiger partial charge in [-0.2, -0.15) is 0 Å². The van der Waals surface area contributed by atoms with E-state index in [1.807, 2.05) is 6.07 Å². The quantitative estimate of drug-likeness (QED) is 0.474. The van der Waals surface area contributed by atoms with Gasteiger partial charge in [0.05, 0.1) is 24.8 Å². The zero-order valence-electron chi connectivity index (χ0n) is 16.0. The third-order valence-corrected chi connectivity index (χ3v) is 5.37. The van der Waals surface area contributed by atoms with Gasteiger partial charge in [0.25, 0.3) is 11.7 Å². The van der Waals surface area contributed by atoms with Crippen LogP contribution in [0.1, 0.15) is 17.2 Å². The molecule has 2 aliphatic rings. The number of aliphatic hydroxyl groups is 1. The molecule has 29 heavy (non-hydrogen) atoms. The van der Waals surface area contributed by atoms with Crippen molar-refractivity contribution in [2.24, 2.45) is 0 Å². The van der Waals surface area contributed by atoms with Gasteiger partial charge in [0, 0.05) is 44.1 Å². The van der Waals surface area contributed by atoms with Gasteiger partial charge in [0.2, 0.25) is 0 Å². The predicted molar refractivity (Wildman–Crippen MR) is 107 cm³/mol. The van der Waals surface area contributed by atoms with Crippen molar-refractivity contribution in [2.45, 2.75) is 6.04 Å². The van der Waals surface area contributed by atoms with Gasteiger partial charge in [-0.05, 0) is 17.7 Å². The largest absolute Gasteiger partial charge is 0.507 e. The first-order valence-electron chi connectivity index (χ1n) is 9.70. The molecule has 4 rings (SSSR count). The van der Waals surface area contributed by atoms with Crippen molar-refractivity contribution in [3.8, 4) is 0 Å². The third-order valence-electron chi connectivity index (χ3n) is 5.37. The van der Waals surface area contributed by atoms with Gasteiger partial charge in [-0.3, -0.25) is 19.5 Å². The number of nitrogens with zero attached hydrogens (tertiary/aromatic N) is 3. The number of Topliss-reactive ketones (excluding diaryl/α,β-unsaturated/α-hetero) is 1. The van der Waals surface area contributed by atoms with Gasteiger partial charge in [-0.15, -0.1) is 0 Å². The lowest BCUT2D eigenvalue weighted by molar-refractivity contribution is -0.140. The number of hydrogen-bond acceptors (Lipinski definition) is 6. The second kappa shape index (κ2) is 8.55. The van der Waals surface area contributed by atoms with Crippen LogP contribution in [0.5, 0.6) is 0 Å². The highest BCUT2D eigenvalue weighted by Gasteiger charge is 2.45. The molecular formula is C22H23N3O4. The van der Waals surface area contributed by atoms with Crippen molar-refractivity contribution in [3.05, 3.63) is 71.6 Å². The van der Waals surface area contributed by atoms with E-state index in [-0.39, 0.29) is 11.3 Å². The first-order valence-corrected chi connectivity index (χ1v) is 9.70. The zero-order chi connectivity index (χ0) is 20.2. The van der Waals surface area contributed by atoms with E-state index >= 15 is 0 Å². The van der Waals surface area contributed by atoms with Gasteiger partial charge in [-0.1, -0.05) is 30.3 Å². The molecule has 2 saturated heterocycles. The standard InChI is InChI=1S/C22H23N3O4/c26-20(17-4-2-1-3-5-17)18-19(16-6-8-23-9-7-16)25(22(28)21(18)27)11-10-24-12-14-29-15-13-24/h1-9,19,26H,10-15H2/b20-18-. The molecule has 2 aliphatic heterocycles. The normalized spacial score (nSPS) is 22.2. The third kappa shape index (κ3) is 3.92. The monoisotopic (exact) mass is 393 g/mol. The molecule has 7 nitrogen and oxygen atoms in total. The Kier molecular flexibility index (Phi) is 5.69. The van der Waals surface area contributed by atoms with Crippen LogP contribution in [-0.4, -0.2) is 71.0 Å². The molecule has 2 aromatic rings. The van der Waals surface area contributed by atoms with E-state index in [2.05, 4.69) is 9.88 Å². The summed E-state index contributed by atoms with van der Waals surface area (Å²) in [6.07, 6.45) is 3.25. The molecule has 2 fully saturated rings. The Morgan fingerprint density at radius 3 is 2.41 bits per heavy atom. The summed E-state index contributed by atoms with van der Waals surface area (Å²) in [5.74, 6) is -1.40. The number of hydrogen-bond donors (Lipinski definition) is 1. The number of ether oxygens (including phenoxy) is 1. The van der Waals surface area contributed by atoms with Crippen molar-refractivity contribution >= 4 is 17.4 Å². The number of ketones is 1. The smallest absolute Gasteiger partial charge is 0.295 e. The molecule has 0 spiro atoms. The first-order chi connectivity index (χ1) is 14.2. The lowest BCUT2D eigenvalue weighted by Gasteiger charge is -2.30. The second-order valence-electron chi connectivity index (χ2n) is 7.09. The molecule has 0 bridgehead atoms. The molecule has 1 N–H and O–H groups in total. The van der Waals surface area contributed by atoms with Crippen LogP contribution < -0.4 is 0 Å². The number of likely N-dealkylation sites (tertiary alicyclic amines) is 1. The van der Waals surface area contributed by atoms with E-state index in [0.29, 0.717) is 31.9 Å². The lowest BCUT2D eigenvalue weighted by atomic mass is 9.96. The fourth-order valence-corrected chi connectivity index (χ4v) is 3.83. The average Bonchev–Trinajstić information content (AvgIpc) is 3.04. The van der Waals surface area contributed by atoms with Gasteiger partial charge < -0.3 is 14.7 Å². The highest BCUT2D eigenvalue weighted by Crippen LogP contribution is 2.38. The maximum atomic E-state index is 12.9. The fraction of sp³-hybridized carbons (Fsp3) is 0.318. The van der Waals surface area contributed by atoms with Crippen molar-refractivity contribution in [1.29, 1.82) is 0 Å². The van der Waals surface area contributed by atoms with Crippen LogP contribution >= 0.6 is 0 Å². The molecule has 1 unspecified atom stereocenters. The van der Waals surface area contributed by atoms with E-state index in [9.17, 15) is 14.7 Å². The summed E-state index contributed by atoms with van der Waals surface area (Å²) in [4.78, 5) is 33.6. The van der Waals surface area contributed by atoms with Crippen LogP contribution in [0.2, 0.25) is 0 Å². The predicted octanol–water partition coefficient (Wildman–Crippen LogP) is 1.84. The Morgan fingerprint density at radius 1 is 1.03 bits per heavy atom. The fourth-order valence-electron chi connectivity index (χ4n) is 3.83. The highest BCUT2D eigenvalue weighted by molar-refractivity contribution is 6.46. The molecule has 1 aromatic carbocycles. The zero-order valence-corrected chi connectivity index (χ0v) is 16.0. The topological polar surface area (TPSA) is 83.0 Å². The number of morpholine rings is 1. The summed E-state index contributed by atoms with van der Waals surface area (Å²) >= 11 is 0. The maximum absolute atomic E-state index is 12.9. The Balaban J connectivity index is 1.70. The Labute approximate surface area is 169 Å². The van der Waals surface area contributed by atoms with Gasteiger partial charge in [-0.25, -0.2) is 0 Å². The number of benzene rings is 1. The van der Waals surface area contributed by atoms with Crippen molar-refractivity contribution in [1.82, 2.24) is 14.8 Å². The minimum Gasteiger partial charge on any atom is -0.507 e. The summed E-state index contributed by atoms with van der Waals surface area (Å²) in [6.45, 7) is 3.97. The summed E-state index contributed by atoms with van der Waals surface area (Å²) < 4.78 is 5.37. The second-order valence-corrected chi connectivity index (χ2v) is 7.09. The average molecular weight is 393 g/mol. The van der Waals surface area contributed by atoms with E-state index in [1.54, 1.807) is 53.7 Å². The minimum absolute atomic E-state index is 0.120. The van der Waals surface area contributed by atoms with Crippen LogP contribution in [0.4, 0.5) is 0 Å². The lowest BCUT2D eigenvalue weighted by Crippen LogP contribution is -2.42. The van der Waals surface area contributed by atoms with Crippen molar-refractivity contribution < 1.29 is 19.4 Å². The number of aliphatic hydroxyl groups excluding tert-OH is 1. The summed E-state index contributed by atoms with van der Waals surface area (Å²) in [5, 5.41) is 10.9. The SMILES string of the molecule is O=C1C(=O)N(CCN2CCOCC2)C(c2ccncc2)/C1=C(/O)c1ccccc1. The number of pyridine rings is 1. The number of rotatable bonds is 5. The van der Waals surface area contributed by atoms with Crippen molar-refractivity contribution in [2.75, 3.05) is 39.4 Å². The van der Waals surface area contributed by atoms with Crippen molar-refractivity contribution in [3.63, 3.8) is 0 Å². The Bertz CT molecular complexity index is 908. The molecule has 0 aliphatic carbocycles. The van der Waals surface area contributed by atoms with Crippen LogP contribution in [0.15, 0.2) is 60.4 Å². The molecular weight excluding hydrogens is 370 g/mol. The van der Waals surface area contributed by atoms with E-state index in [0.717, 1.165) is 18.7 Å². The van der Waals surface area contributed by atoms with E-state index < -0.39 is 17.7 Å². The van der Waals surface area contributed by atoms with Crippen LogP contribution in [-0.2, 0) is 14.3 Å². The molecule has 1 aromatic heterocycles. The van der Waals surface area contributed by atoms with Gasteiger partial charge >= 0.3 is 0 Å². The summed E-state index contributed by atoms with van der Waals surface area (Å²) in [6, 6.07) is 11.8. The Morgan fingerprint density at radius 2 is 1.72 bits per heavy atom. The molecule has 1 atom stereocenters.